The Labute approximate surface area is 114 Å². The van der Waals surface area contributed by atoms with Crippen LogP contribution in [-0.2, 0) is 11.0 Å². The van der Waals surface area contributed by atoms with Crippen LogP contribution in [0.2, 0.25) is 0 Å². The van der Waals surface area contributed by atoms with Crippen molar-refractivity contribution in [3.05, 3.63) is 29.8 Å². The second kappa shape index (κ2) is 5.41. The molecule has 1 aliphatic heterocycles. The molecule has 1 aromatic carbocycles. The van der Waals surface area contributed by atoms with Crippen LogP contribution in [-0.4, -0.2) is 37.0 Å². The normalized spacial score (nSPS) is 19.6. The first kappa shape index (κ1) is 14.2. The molecule has 0 aromatic heterocycles. The number of hydrogen-bond donors (Lipinski definition) is 0. The fourth-order valence-electron chi connectivity index (χ4n) is 2.18. The van der Waals surface area contributed by atoms with Gasteiger partial charge in [-0.3, -0.25) is 4.79 Å². The fraction of sp³-hybridized carbons (Fsp3) is 0.385. The van der Waals surface area contributed by atoms with E-state index in [2.05, 4.69) is 0 Å². The number of nitrogens with zero attached hydrogens (tertiary/aromatic N) is 3. The number of piperazine rings is 1. The molecule has 1 amide bonds. The van der Waals surface area contributed by atoms with Gasteiger partial charge in [-0.1, -0.05) is 6.07 Å². The van der Waals surface area contributed by atoms with Gasteiger partial charge in [0.25, 0.3) is 0 Å². The Balaban J connectivity index is 2.27. The van der Waals surface area contributed by atoms with Crippen molar-refractivity contribution in [1.29, 1.82) is 5.26 Å². The Morgan fingerprint density at radius 2 is 2.10 bits per heavy atom. The Bertz CT molecular complexity index is 538. The standard InChI is InChI=1S/C13H12F3N3O/c14-13(15,16)10-2-1-3-11(6-10)19-5-4-18(9-20)8-12(19)7-17/h1-3,6,9,12H,4-5,8H2. The van der Waals surface area contributed by atoms with Gasteiger partial charge >= 0.3 is 6.18 Å². The van der Waals surface area contributed by atoms with Crippen molar-refractivity contribution in [3.63, 3.8) is 0 Å². The van der Waals surface area contributed by atoms with E-state index >= 15 is 0 Å². The first-order valence-corrected chi connectivity index (χ1v) is 5.98. The highest BCUT2D eigenvalue weighted by molar-refractivity contribution is 5.54. The van der Waals surface area contributed by atoms with Crippen molar-refractivity contribution >= 4 is 12.1 Å². The lowest BCUT2D eigenvalue weighted by molar-refractivity contribution is -0.137. The maximum Gasteiger partial charge on any atom is 0.416 e. The smallest absolute Gasteiger partial charge is 0.352 e. The lowest BCUT2D eigenvalue weighted by Crippen LogP contribution is -2.52. The van der Waals surface area contributed by atoms with E-state index in [0.29, 0.717) is 25.2 Å². The molecule has 1 saturated heterocycles. The molecule has 1 aliphatic rings. The Morgan fingerprint density at radius 3 is 2.70 bits per heavy atom. The summed E-state index contributed by atoms with van der Waals surface area (Å²) in [6, 6.07) is 6.26. The molecule has 0 saturated carbocycles. The summed E-state index contributed by atoms with van der Waals surface area (Å²) < 4.78 is 38.1. The van der Waals surface area contributed by atoms with Gasteiger partial charge in [0.2, 0.25) is 6.41 Å². The maximum absolute atomic E-state index is 12.7. The molecular weight excluding hydrogens is 271 g/mol. The van der Waals surface area contributed by atoms with Gasteiger partial charge in [-0.2, -0.15) is 18.4 Å². The van der Waals surface area contributed by atoms with E-state index in [4.69, 9.17) is 5.26 Å². The van der Waals surface area contributed by atoms with Crippen molar-refractivity contribution < 1.29 is 18.0 Å². The summed E-state index contributed by atoms with van der Waals surface area (Å²) >= 11 is 0. The molecule has 0 radical (unpaired) electrons. The molecule has 1 aromatic rings. The number of halogens is 3. The number of alkyl halides is 3. The minimum absolute atomic E-state index is 0.191. The van der Waals surface area contributed by atoms with Gasteiger partial charge in [-0.25, -0.2) is 0 Å². The van der Waals surface area contributed by atoms with Gasteiger partial charge in [0, 0.05) is 18.8 Å². The zero-order valence-electron chi connectivity index (χ0n) is 10.5. The molecule has 20 heavy (non-hydrogen) atoms. The number of nitriles is 1. The third kappa shape index (κ3) is 2.85. The molecule has 1 heterocycles. The summed E-state index contributed by atoms with van der Waals surface area (Å²) in [4.78, 5) is 13.7. The molecule has 0 spiro atoms. The van der Waals surface area contributed by atoms with Crippen LogP contribution in [0.3, 0.4) is 0 Å². The largest absolute Gasteiger partial charge is 0.416 e. The third-order valence-electron chi connectivity index (χ3n) is 3.22. The number of carbonyl (C=O) groups excluding carboxylic acids is 1. The Kier molecular flexibility index (Phi) is 3.84. The van der Waals surface area contributed by atoms with Crippen LogP contribution in [0.25, 0.3) is 0 Å². The van der Waals surface area contributed by atoms with Gasteiger partial charge in [-0.15, -0.1) is 0 Å². The molecule has 0 bridgehead atoms. The van der Waals surface area contributed by atoms with Crippen molar-refractivity contribution in [1.82, 2.24) is 4.90 Å². The highest BCUT2D eigenvalue weighted by Crippen LogP contribution is 2.32. The zero-order chi connectivity index (χ0) is 14.8. The quantitative estimate of drug-likeness (QED) is 0.779. The van der Waals surface area contributed by atoms with E-state index in [9.17, 15) is 18.0 Å². The van der Waals surface area contributed by atoms with Gasteiger partial charge in [-0.05, 0) is 18.2 Å². The number of rotatable bonds is 2. The second-order valence-corrected chi connectivity index (χ2v) is 4.49. The van der Waals surface area contributed by atoms with Crippen molar-refractivity contribution in [2.75, 3.05) is 24.5 Å². The first-order valence-electron chi connectivity index (χ1n) is 5.98. The first-order chi connectivity index (χ1) is 9.45. The average Bonchev–Trinajstić information content (AvgIpc) is 2.45. The average molecular weight is 283 g/mol. The van der Waals surface area contributed by atoms with Crippen LogP contribution in [0.5, 0.6) is 0 Å². The molecule has 1 unspecified atom stereocenters. The van der Waals surface area contributed by atoms with E-state index < -0.39 is 17.8 Å². The lowest BCUT2D eigenvalue weighted by atomic mass is 10.1. The van der Waals surface area contributed by atoms with Crippen LogP contribution >= 0.6 is 0 Å². The Hall–Kier alpha value is -2.23. The number of anilines is 1. The minimum Gasteiger partial charge on any atom is -0.352 e. The van der Waals surface area contributed by atoms with Crippen LogP contribution in [0.1, 0.15) is 5.56 Å². The summed E-state index contributed by atoms with van der Waals surface area (Å²) in [6.45, 7) is 0.909. The molecule has 1 fully saturated rings. The molecule has 0 aliphatic carbocycles. The van der Waals surface area contributed by atoms with Gasteiger partial charge in [0.05, 0.1) is 18.2 Å². The molecule has 0 N–H and O–H groups in total. The summed E-state index contributed by atoms with van der Waals surface area (Å²) in [5.41, 5.74) is -0.401. The topological polar surface area (TPSA) is 47.3 Å². The monoisotopic (exact) mass is 283 g/mol. The van der Waals surface area contributed by atoms with E-state index in [1.807, 2.05) is 6.07 Å². The molecule has 7 heteroatoms. The molecule has 106 valence electrons. The zero-order valence-corrected chi connectivity index (χ0v) is 10.5. The number of hydrogen-bond acceptors (Lipinski definition) is 3. The van der Waals surface area contributed by atoms with Crippen LogP contribution in [0.15, 0.2) is 24.3 Å². The van der Waals surface area contributed by atoms with E-state index in [1.54, 1.807) is 4.90 Å². The fourth-order valence-corrected chi connectivity index (χ4v) is 2.18. The van der Waals surface area contributed by atoms with E-state index in [0.717, 1.165) is 12.1 Å². The maximum atomic E-state index is 12.7. The van der Waals surface area contributed by atoms with Crippen molar-refractivity contribution in [2.24, 2.45) is 0 Å². The van der Waals surface area contributed by atoms with E-state index in [-0.39, 0.29) is 6.54 Å². The molecule has 2 rings (SSSR count). The Morgan fingerprint density at radius 1 is 1.35 bits per heavy atom. The predicted molar refractivity (Wildman–Crippen MR) is 65.8 cm³/mol. The SMILES string of the molecule is N#CC1CN(C=O)CCN1c1cccc(C(F)(F)F)c1. The summed E-state index contributed by atoms with van der Waals surface area (Å²) in [5.74, 6) is 0. The number of amides is 1. The van der Waals surface area contributed by atoms with Crippen LogP contribution in [0.4, 0.5) is 18.9 Å². The summed E-state index contributed by atoms with van der Waals surface area (Å²) in [6.07, 6.45) is -3.77. The van der Waals surface area contributed by atoms with Crippen LogP contribution < -0.4 is 4.90 Å². The molecular formula is C13H12F3N3O. The highest BCUT2D eigenvalue weighted by atomic mass is 19.4. The molecule has 1 atom stereocenters. The lowest BCUT2D eigenvalue weighted by Gasteiger charge is -2.38. The highest BCUT2D eigenvalue weighted by Gasteiger charge is 2.32. The van der Waals surface area contributed by atoms with Crippen LogP contribution in [0, 0.1) is 11.3 Å². The number of benzene rings is 1. The van der Waals surface area contributed by atoms with Crippen molar-refractivity contribution in [3.8, 4) is 6.07 Å². The molecule has 4 nitrogen and oxygen atoms in total. The summed E-state index contributed by atoms with van der Waals surface area (Å²) in [5, 5.41) is 9.11. The summed E-state index contributed by atoms with van der Waals surface area (Å²) in [7, 11) is 0. The second-order valence-electron chi connectivity index (χ2n) is 4.49. The third-order valence-corrected chi connectivity index (χ3v) is 3.22. The van der Waals surface area contributed by atoms with E-state index in [1.165, 1.54) is 17.0 Å². The van der Waals surface area contributed by atoms with Gasteiger partial charge in [0.1, 0.15) is 6.04 Å². The minimum atomic E-state index is -4.41. The van der Waals surface area contributed by atoms with Gasteiger partial charge < -0.3 is 9.80 Å². The number of carbonyl (C=O) groups is 1. The van der Waals surface area contributed by atoms with Gasteiger partial charge in [0.15, 0.2) is 0 Å². The van der Waals surface area contributed by atoms with Crippen molar-refractivity contribution in [2.45, 2.75) is 12.2 Å². The predicted octanol–water partition coefficient (Wildman–Crippen LogP) is 1.88.